The number of nitrogens with one attached hydrogen (secondary N) is 1. The molecule has 1 aromatic heterocycles. The van der Waals surface area contributed by atoms with E-state index in [9.17, 15) is 4.39 Å². The Labute approximate surface area is 78.4 Å². The molecule has 0 radical (unpaired) electrons. The summed E-state index contributed by atoms with van der Waals surface area (Å²) >= 11 is 0. The van der Waals surface area contributed by atoms with Gasteiger partial charge < -0.3 is 10.1 Å². The quantitative estimate of drug-likeness (QED) is 0.734. The van der Waals surface area contributed by atoms with Crippen molar-refractivity contribution in [3.05, 3.63) is 23.3 Å². The van der Waals surface area contributed by atoms with Crippen LogP contribution in [-0.2, 0) is 4.74 Å². The van der Waals surface area contributed by atoms with Crippen molar-refractivity contribution in [3.63, 3.8) is 0 Å². The SMILES string of the molecule is COCNc1c(C)ncc(F)c1C.[HH]. The number of aromatic nitrogens is 1. The molecule has 0 atom stereocenters. The van der Waals surface area contributed by atoms with Gasteiger partial charge in [-0.3, -0.25) is 4.98 Å². The zero-order valence-corrected chi connectivity index (χ0v) is 8.02. The largest absolute Gasteiger partial charge is 0.365 e. The summed E-state index contributed by atoms with van der Waals surface area (Å²) in [5.74, 6) is -0.302. The first-order chi connectivity index (χ1) is 6.16. The van der Waals surface area contributed by atoms with E-state index in [-0.39, 0.29) is 7.24 Å². The molecule has 0 bridgehead atoms. The Morgan fingerprint density at radius 2 is 2.31 bits per heavy atom. The highest BCUT2D eigenvalue weighted by Gasteiger charge is 2.07. The van der Waals surface area contributed by atoms with Crippen LogP contribution in [0.3, 0.4) is 0 Å². The standard InChI is InChI=1S/C9H13FN2O.H2/c1-6-8(10)4-11-7(2)9(6)12-5-13-3;/h4,12H,5H2,1-3H3;1H. The van der Waals surface area contributed by atoms with Crippen LogP contribution in [0.4, 0.5) is 10.1 Å². The lowest BCUT2D eigenvalue weighted by molar-refractivity contribution is 0.221. The van der Waals surface area contributed by atoms with Gasteiger partial charge in [0.15, 0.2) is 0 Å². The molecule has 13 heavy (non-hydrogen) atoms. The van der Waals surface area contributed by atoms with Crippen LogP contribution in [0, 0.1) is 19.7 Å². The minimum absolute atomic E-state index is 0. The Morgan fingerprint density at radius 3 is 2.92 bits per heavy atom. The summed E-state index contributed by atoms with van der Waals surface area (Å²) in [7, 11) is 1.57. The van der Waals surface area contributed by atoms with Crippen LogP contribution >= 0.6 is 0 Å². The number of pyridine rings is 1. The highest BCUT2D eigenvalue weighted by Crippen LogP contribution is 2.19. The number of aryl methyl sites for hydroxylation is 1. The monoisotopic (exact) mass is 186 g/mol. The average molecular weight is 186 g/mol. The lowest BCUT2D eigenvalue weighted by Crippen LogP contribution is -2.08. The summed E-state index contributed by atoms with van der Waals surface area (Å²) in [6, 6.07) is 0. The molecule has 0 aliphatic carbocycles. The zero-order chi connectivity index (χ0) is 9.84. The van der Waals surface area contributed by atoms with Gasteiger partial charge in [0.05, 0.1) is 17.6 Å². The molecule has 1 N–H and O–H groups in total. The molecule has 0 saturated carbocycles. The van der Waals surface area contributed by atoms with Crippen LogP contribution < -0.4 is 5.32 Å². The van der Waals surface area contributed by atoms with Crippen molar-refractivity contribution in [2.24, 2.45) is 0 Å². The van der Waals surface area contributed by atoms with Gasteiger partial charge >= 0.3 is 0 Å². The summed E-state index contributed by atoms with van der Waals surface area (Å²) in [4.78, 5) is 3.90. The summed E-state index contributed by atoms with van der Waals surface area (Å²) in [5.41, 5.74) is 2.06. The molecule has 3 nitrogen and oxygen atoms in total. The number of hydrogen-bond donors (Lipinski definition) is 1. The first-order valence-corrected chi connectivity index (χ1v) is 4.01. The maximum Gasteiger partial charge on any atom is 0.146 e. The molecule has 4 heteroatoms. The third-order valence-corrected chi connectivity index (χ3v) is 1.86. The third-order valence-electron chi connectivity index (χ3n) is 1.86. The fourth-order valence-corrected chi connectivity index (χ4v) is 1.11. The summed E-state index contributed by atoms with van der Waals surface area (Å²) in [5, 5.41) is 2.95. The van der Waals surface area contributed by atoms with Gasteiger partial charge in [-0.2, -0.15) is 0 Å². The molecule has 0 spiro atoms. The van der Waals surface area contributed by atoms with Gasteiger partial charge in [-0.05, 0) is 13.8 Å². The van der Waals surface area contributed by atoms with Gasteiger partial charge in [-0.25, -0.2) is 4.39 Å². The van der Waals surface area contributed by atoms with Crippen molar-refractivity contribution in [3.8, 4) is 0 Å². The molecule has 0 aromatic carbocycles. The highest BCUT2D eigenvalue weighted by atomic mass is 19.1. The number of methoxy groups -OCH3 is 1. The van der Waals surface area contributed by atoms with E-state index in [2.05, 4.69) is 10.3 Å². The second-order valence-electron chi connectivity index (χ2n) is 2.80. The lowest BCUT2D eigenvalue weighted by Gasteiger charge is -2.11. The predicted octanol–water partition coefficient (Wildman–Crippen LogP) is 2.10. The fraction of sp³-hybridized carbons (Fsp3) is 0.444. The molecular weight excluding hydrogens is 171 g/mol. The zero-order valence-electron chi connectivity index (χ0n) is 8.02. The van der Waals surface area contributed by atoms with Crippen molar-refractivity contribution in [2.45, 2.75) is 13.8 Å². The van der Waals surface area contributed by atoms with Gasteiger partial charge in [0.2, 0.25) is 0 Å². The summed E-state index contributed by atoms with van der Waals surface area (Å²) in [6.45, 7) is 3.89. The molecule has 0 amide bonds. The number of nitrogens with zero attached hydrogens (tertiary/aromatic N) is 1. The summed E-state index contributed by atoms with van der Waals surface area (Å²) < 4.78 is 17.9. The maximum absolute atomic E-state index is 13.0. The van der Waals surface area contributed by atoms with Crippen molar-refractivity contribution in [2.75, 3.05) is 19.2 Å². The molecule has 0 aliphatic heterocycles. The van der Waals surface area contributed by atoms with E-state index in [0.29, 0.717) is 18.0 Å². The van der Waals surface area contributed by atoms with Crippen LogP contribution in [0.2, 0.25) is 0 Å². The number of hydrogen-bond acceptors (Lipinski definition) is 3. The number of rotatable bonds is 3. The molecule has 74 valence electrons. The minimum Gasteiger partial charge on any atom is -0.365 e. The van der Waals surface area contributed by atoms with E-state index in [1.54, 1.807) is 14.0 Å². The molecule has 0 saturated heterocycles. The van der Waals surface area contributed by atoms with Crippen LogP contribution in [0.5, 0.6) is 0 Å². The Kier molecular flexibility index (Phi) is 3.19. The first kappa shape index (κ1) is 9.92. The second-order valence-corrected chi connectivity index (χ2v) is 2.80. The van der Waals surface area contributed by atoms with E-state index < -0.39 is 0 Å². The van der Waals surface area contributed by atoms with Crippen LogP contribution in [-0.4, -0.2) is 18.8 Å². The molecule has 1 heterocycles. The number of anilines is 1. The Morgan fingerprint density at radius 1 is 1.62 bits per heavy atom. The Bertz CT molecular complexity index is 307. The van der Waals surface area contributed by atoms with E-state index in [1.807, 2.05) is 6.92 Å². The highest BCUT2D eigenvalue weighted by molar-refractivity contribution is 5.53. The molecule has 1 aromatic rings. The van der Waals surface area contributed by atoms with E-state index in [1.165, 1.54) is 6.20 Å². The van der Waals surface area contributed by atoms with E-state index >= 15 is 0 Å². The lowest BCUT2D eigenvalue weighted by atomic mass is 10.2. The number of halogens is 1. The van der Waals surface area contributed by atoms with Gasteiger partial charge in [-0.1, -0.05) is 0 Å². The molecule has 0 unspecified atom stereocenters. The smallest absolute Gasteiger partial charge is 0.146 e. The van der Waals surface area contributed by atoms with Gasteiger partial charge in [0.25, 0.3) is 0 Å². The van der Waals surface area contributed by atoms with Gasteiger partial charge in [0, 0.05) is 14.1 Å². The summed E-state index contributed by atoms with van der Waals surface area (Å²) in [6.07, 6.45) is 1.22. The fourth-order valence-electron chi connectivity index (χ4n) is 1.11. The maximum atomic E-state index is 13.0. The molecule has 0 aliphatic rings. The first-order valence-electron chi connectivity index (χ1n) is 4.01. The normalized spacial score (nSPS) is 10.2. The third kappa shape index (κ3) is 2.15. The van der Waals surface area contributed by atoms with E-state index in [0.717, 1.165) is 5.69 Å². The van der Waals surface area contributed by atoms with Crippen molar-refractivity contribution >= 4 is 5.69 Å². The van der Waals surface area contributed by atoms with Crippen LogP contribution in [0.15, 0.2) is 6.20 Å². The molecule has 0 fully saturated rings. The second kappa shape index (κ2) is 4.18. The van der Waals surface area contributed by atoms with Crippen molar-refractivity contribution in [1.29, 1.82) is 0 Å². The average Bonchev–Trinajstić information content (AvgIpc) is 2.12. The Balaban J connectivity index is 0.00000169. The van der Waals surface area contributed by atoms with E-state index in [4.69, 9.17) is 4.74 Å². The van der Waals surface area contributed by atoms with Crippen LogP contribution in [0.25, 0.3) is 0 Å². The van der Waals surface area contributed by atoms with Gasteiger partial charge in [-0.15, -0.1) is 0 Å². The van der Waals surface area contributed by atoms with Crippen molar-refractivity contribution < 1.29 is 10.6 Å². The topological polar surface area (TPSA) is 34.1 Å². The van der Waals surface area contributed by atoms with Crippen LogP contribution in [0.1, 0.15) is 12.7 Å². The number of ether oxygens (including phenoxy) is 1. The molecule has 1 rings (SSSR count). The molecular formula is C9H15FN2O. The van der Waals surface area contributed by atoms with Gasteiger partial charge in [0.1, 0.15) is 12.5 Å². The van der Waals surface area contributed by atoms with Crippen molar-refractivity contribution in [1.82, 2.24) is 4.98 Å². The minimum atomic E-state index is -0.302. The predicted molar refractivity (Wildman–Crippen MR) is 51.3 cm³/mol. The Hall–Kier alpha value is -1.16.